The molecule has 0 atom stereocenters. The molecule has 0 fully saturated rings. The van der Waals surface area contributed by atoms with Crippen molar-refractivity contribution in [1.82, 2.24) is 34.3 Å². The second-order valence-electron chi connectivity index (χ2n) is 8.67. The van der Waals surface area contributed by atoms with Gasteiger partial charge in [-0.05, 0) is 17.0 Å². The summed E-state index contributed by atoms with van der Waals surface area (Å²) in [6, 6.07) is 15.3. The van der Waals surface area contributed by atoms with Crippen LogP contribution in [-0.4, -0.2) is 34.3 Å². The van der Waals surface area contributed by atoms with Gasteiger partial charge in [0.15, 0.2) is 5.69 Å². The van der Waals surface area contributed by atoms with Crippen molar-refractivity contribution in [3.63, 3.8) is 0 Å². The van der Waals surface area contributed by atoms with Crippen molar-refractivity contribution in [2.75, 3.05) is 0 Å². The Hall–Kier alpha value is -4.08. The zero-order chi connectivity index (χ0) is 24.7. The Morgan fingerprint density at radius 3 is 2.29 bits per heavy atom. The minimum absolute atomic E-state index is 0.250. The molecule has 3 aromatic heterocycles. The van der Waals surface area contributed by atoms with Crippen LogP contribution >= 0.6 is 0 Å². The van der Waals surface area contributed by atoms with Crippen molar-refractivity contribution in [2.45, 2.75) is 32.4 Å². The average Bonchev–Trinajstić information content (AvgIpc) is 3.43. The van der Waals surface area contributed by atoms with Crippen LogP contribution in [0.2, 0.25) is 0 Å². The molecule has 3 heterocycles. The van der Waals surface area contributed by atoms with Crippen LogP contribution in [0.25, 0.3) is 28.4 Å². The van der Waals surface area contributed by atoms with Gasteiger partial charge in [0.2, 0.25) is 0 Å². The van der Waals surface area contributed by atoms with Gasteiger partial charge in [0.1, 0.15) is 17.3 Å². The summed E-state index contributed by atoms with van der Waals surface area (Å²) in [5.74, 6) is 1.66. The number of rotatable bonds is 5. The van der Waals surface area contributed by atoms with Gasteiger partial charge in [-0.25, -0.2) is 4.98 Å². The minimum atomic E-state index is -4.48. The number of hydrogen-bond acceptors (Lipinski definition) is 5. The van der Waals surface area contributed by atoms with Gasteiger partial charge in [-0.2, -0.15) is 13.2 Å². The second-order valence-corrected chi connectivity index (χ2v) is 8.67. The maximum Gasteiger partial charge on any atom is 0.434 e. The highest BCUT2D eigenvalue weighted by molar-refractivity contribution is 5.64. The fourth-order valence-corrected chi connectivity index (χ4v) is 4.06. The van der Waals surface area contributed by atoms with E-state index in [0.717, 1.165) is 23.0 Å². The maximum absolute atomic E-state index is 13.0. The summed E-state index contributed by atoms with van der Waals surface area (Å²) < 4.78 is 42.2. The van der Waals surface area contributed by atoms with Crippen molar-refractivity contribution in [3.8, 4) is 22.6 Å². The third-order valence-electron chi connectivity index (χ3n) is 5.85. The number of imidazole rings is 1. The molecule has 0 unspecified atom stereocenters. The zero-order valence-electron chi connectivity index (χ0n) is 19.3. The Balaban J connectivity index is 1.44. The van der Waals surface area contributed by atoms with E-state index in [1.54, 1.807) is 19.2 Å². The summed E-state index contributed by atoms with van der Waals surface area (Å²) in [7, 11) is 1.55. The van der Waals surface area contributed by atoms with E-state index >= 15 is 0 Å². The molecular weight excluding hydrogens is 455 g/mol. The van der Waals surface area contributed by atoms with Gasteiger partial charge < -0.3 is 4.57 Å². The minimum Gasteiger partial charge on any atom is -0.333 e. The predicted octanol–water partition coefficient (Wildman–Crippen LogP) is 5.32. The molecule has 2 aromatic carbocycles. The van der Waals surface area contributed by atoms with Crippen molar-refractivity contribution in [2.24, 2.45) is 7.05 Å². The van der Waals surface area contributed by atoms with Gasteiger partial charge in [-0.3, -0.25) is 4.40 Å². The average molecular weight is 477 g/mol. The van der Waals surface area contributed by atoms with E-state index in [1.807, 2.05) is 40.9 Å². The van der Waals surface area contributed by atoms with Crippen molar-refractivity contribution < 1.29 is 13.2 Å². The molecule has 7 nitrogen and oxygen atoms in total. The number of fused-ring (bicyclic) bond motifs is 1. The van der Waals surface area contributed by atoms with Crippen LogP contribution < -0.4 is 0 Å². The summed E-state index contributed by atoms with van der Waals surface area (Å²) in [4.78, 5) is 3.75. The Morgan fingerprint density at radius 1 is 0.886 bits per heavy atom. The topological polar surface area (TPSA) is 73.8 Å². The Morgan fingerprint density at radius 2 is 1.60 bits per heavy atom. The highest BCUT2D eigenvalue weighted by atomic mass is 19.4. The van der Waals surface area contributed by atoms with Crippen molar-refractivity contribution >= 4 is 5.78 Å². The molecule has 0 aliphatic carbocycles. The first-order valence-corrected chi connectivity index (χ1v) is 11.1. The Kier molecular flexibility index (Phi) is 5.58. The number of nitrogens with zero attached hydrogens (tertiary/aromatic N) is 7. The summed E-state index contributed by atoms with van der Waals surface area (Å²) >= 11 is 0. The van der Waals surface area contributed by atoms with Crippen molar-refractivity contribution in [3.05, 3.63) is 83.6 Å². The van der Waals surface area contributed by atoms with E-state index in [2.05, 4.69) is 45.3 Å². The predicted molar refractivity (Wildman–Crippen MR) is 125 cm³/mol. The van der Waals surface area contributed by atoms with Crippen molar-refractivity contribution in [1.29, 1.82) is 0 Å². The molecule has 0 aliphatic heterocycles. The molecule has 0 radical (unpaired) electrons. The highest BCUT2D eigenvalue weighted by Crippen LogP contribution is 2.31. The lowest BCUT2D eigenvalue weighted by molar-refractivity contribution is -0.140. The van der Waals surface area contributed by atoms with Crippen LogP contribution in [-0.2, 0) is 19.6 Å². The summed E-state index contributed by atoms with van der Waals surface area (Å²) in [6.45, 7) is 4.26. The molecule has 0 spiro atoms. The number of aromatic nitrogens is 7. The van der Waals surface area contributed by atoms with Crippen LogP contribution in [0.15, 0.2) is 60.9 Å². The van der Waals surface area contributed by atoms with Gasteiger partial charge in [0, 0.05) is 37.0 Å². The standard InChI is InChI=1S/C25H22F3N7/c1-15(2)18-6-4-5-7-19(18)20-13-35-22(31-33-24(35)32-30-20)12-16-8-10-17(11-9-16)23-29-21(14-34(23)3)25(26,27)28/h4-11,13-15H,12H2,1-3H3. The smallest absolute Gasteiger partial charge is 0.333 e. The first kappa shape index (κ1) is 22.7. The lowest BCUT2D eigenvalue weighted by Crippen LogP contribution is -2.04. The molecule has 0 bridgehead atoms. The molecule has 5 aromatic rings. The highest BCUT2D eigenvalue weighted by Gasteiger charge is 2.34. The molecular formula is C25H22F3N7. The van der Waals surface area contributed by atoms with E-state index in [4.69, 9.17) is 0 Å². The molecule has 35 heavy (non-hydrogen) atoms. The molecule has 5 rings (SSSR count). The Bertz CT molecular complexity index is 1500. The molecule has 178 valence electrons. The molecule has 0 N–H and O–H groups in total. The monoisotopic (exact) mass is 477 g/mol. The van der Waals surface area contributed by atoms with Gasteiger partial charge >= 0.3 is 6.18 Å². The van der Waals surface area contributed by atoms with Crippen LogP contribution in [0.3, 0.4) is 0 Å². The first-order chi connectivity index (χ1) is 16.7. The van der Waals surface area contributed by atoms with Crippen LogP contribution in [0.1, 0.15) is 42.4 Å². The number of aryl methyl sites for hydroxylation is 1. The summed E-state index contributed by atoms with van der Waals surface area (Å²) in [5, 5.41) is 17.0. The van der Waals surface area contributed by atoms with Crippen LogP contribution in [0.5, 0.6) is 0 Å². The van der Waals surface area contributed by atoms with E-state index in [9.17, 15) is 13.2 Å². The van der Waals surface area contributed by atoms with E-state index in [-0.39, 0.29) is 5.82 Å². The summed E-state index contributed by atoms with van der Waals surface area (Å²) in [5.41, 5.74) is 3.52. The normalized spacial score (nSPS) is 12.1. The molecule has 10 heteroatoms. The van der Waals surface area contributed by atoms with E-state index in [0.29, 0.717) is 29.5 Å². The Labute approximate surface area is 199 Å². The van der Waals surface area contributed by atoms with E-state index in [1.165, 1.54) is 10.1 Å². The molecule has 0 aliphatic rings. The van der Waals surface area contributed by atoms with Gasteiger partial charge in [0.25, 0.3) is 5.78 Å². The van der Waals surface area contributed by atoms with Gasteiger partial charge in [0.05, 0.1) is 0 Å². The number of halogens is 3. The largest absolute Gasteiger partial charge is 0.434 e. The number of hydrogen-bond donors (Lipinski definition) is 0. The lowest BCUT2D eigenvalue weighted by atomic mass is 9.96. The number of benzene rings is 2. The molecule has 0 amide bonds. The van der Waals surface area contributed by atoms with Gasteiger partial charge in [-0.15, -0.1) is 20.4 Å². The molecule has 0 saturated carbocycles. The number of alkyl halides is 3. The maximum atomic E-state index is 13.0. The SMILES string of the molecule is CC(C)c1ccccc1-c1cn2c(Cc3ccc(-c4nc(C(F)(F)F)cn4C)cc3)nnc2nn1. The van der Waals surface area contributed by atoms with Crippen LogP contribution in [0, 0.1) is 0 Å². The fourth-order valence-electron chi connectivity index (χ4n) is 4.06. The molecule has 0 saturated heterocycles. The lowest BCUT2D eigenvalue weighted by Gasteiger charge is -2.11. The third-order valence-corrected chi connectivity index (χ3v) is 5.85. The summed E-state index contributed by atoms with van der Waals surface area (Å²) in [6.07, 6.45) is -1.14. The van der Waals surface area contributed by atoms with E-state index < -0.39 is 11.9 Å². The second kappa shape index (κ2) is 8.61. The fraction of sp³-hybridized carbons (Fsp3) is 0.240. The zero-order valence-corrected chi connectivity index (χ0v) is 19.3. The third kappa shape index (κ3) is 4.39. The first-order valence-electron chi connectivity index (χ1n) is 11.1. The van der Waals surface area contributed by atoms with Crippen LogP contribution in [0.4, 0.5) is 13.2 Å². The quantitative estimate of drug-likeness (QED) is 0.343. The van der Waals surface area contributed by atoms with Gasteiger partial charge in [-0.1, -0.05) is 62.4 Å².